The first kappa shape index (κ1) is 15.9. The van der Waals surface area contributed by atoms with Crippen molar-refractivity contribution in [3.8, 4) is 5.75 Å². The number of nitrogens with zero attached hydrogens (tertiary/aromatic N) is 3. The van der Waals surface area contributed by atoms with Crippen LogP contribution in [0.3, 0.4) is 0 Å². The summed E-state index contributed by atoms with van der Waals surface area (Å²) in [5, 5.41) is 0. The zero-order chi connectivity index (χ0) is 16.1. The third kappa shape index (κ3) is 3.81. The second-order valence-corrected chi connectivity index (χ2v) is 4.72. The lowest BCUT2D eigenvalue weighted by atomic mass is 10.2. The van der Waals surface area contributed by atoms with Gasteiger partial charge in [-0.3, -0.25) is 4.79 Å². The molecule has 2 rings (SSSR count). The molecule has 0 spiro atoms. The van der Waals surface area contributed by atoms with Crippen LogP contribution in [0.25, 0.3) is 0 Å². The molecule has 2 aromatic rings. The van der Waals surface area contributed by atoms with Crippen molar-refractivity contribution in [1.29, 1.82) is 0 Å². The Morgan fingerprint density at radius 2 is 2.00 bits per heavy atom. The Morgan fingerprint density at radius 1 is 1.32 bits per heavy atom. The first-order chi connectivity index (χ1) is 10.5. The van der Waals surface area contributed by atoms with Crippen molar-refractivity contribution in [2.75, 3.05) is 11.9 Å². The van der Waals surface area contributed by atoms with E-state index in [-0.39, 0.29) is 11.3 Å². The summed E-state index contributed by atoms with van der Waals surface area (Å²) in [4.78, 5) is 18.0. The number of hydrogen-bond acceptors (Lipinski definition) is 4. The maximum absolute atomic E-state index is 12.2. The van der Waals surface area contributed by atoms with Crippen LogP contribution >= 0.6 is 0 Å². The summed E-state index contributed by atoms with van der Waals surface area (Å²) in [5.74, 6) is 0.449. The standard InChI is InChI=1S/C15H17F2N3O2/c1-3-20-9-8-18-13(14(20)21)19(2)10-11-4-6-12(7-5-11)22-15(16)17/h4-9,15H,3,10H2,1-2H3. The van der Waals surface area contributed by atoms with Crippen molar-refractivity contribution in [2.45, 2.75) is 26.6 Å². The van der Waals surface area contributed by atoms with Crippen molar-refractivity contribution in [1.82, 2.24) is 9.55 Å². The quantitative estimate of drug-likeness (QED) is 0.822. The number of benzene rings is 1. The van der Waals surface area contributed by atoms with Crippen molar-refractivity contribution in [2.24, 2.45) is 0 Å². The fourth-order valence-electron chi connectivity index (χ4n) is 2.07. The van der Waals surface area contributed by atoms with E-state index in [2.05, 4.69) is 9.72 Å². The van der Waals surface area contributed by atoms with Crippen LogP contribution in [0.4, 0.5) is 14.6 Å². The lowest BCUT2D eigenvalue weighted by Gasteiger charge is -2.18. The Kier molecular flexibility index (Phi) is 5.08. The van der Waals surface area contributed by atoms with Crippen LogP contribution in [-0.2, 0) is 13.1 Å². The molecule has 1 aromatic carbocycles. The second kappa shape index (κ2) is 7.02. The summed E-state index contributed by atoms with van der Waals surface area (Å²) >= 11 is 0. The Morgan fingerprint density at radius 3 is 2.59 bits per heavy atom. The maximum atomic E-state index is 12.2. The van der Waals surface area contributed by atoms with Crippen LogP contribution in [-0.4, -0.2) is 23.2 Å². The van der Waals surface area contributed by atoms with Gasteiger partial charge in [0.2, 0.25) is 0 Å². The average molecular weight is 309 g/mol. The molecule has 0 aliphatic carbocycles. The van der Waals surface area contributed by atoms with Crippen molar-refractivity contribution >= 4 is 5.82 Å². The van der Waals surface area contributed by atoms with Gasteiger partial charge in [-0.15, -0.1) is 0 Å². The Hall–Kier alpha value is -2.44. The SMILES string of the molecule is CCn1ccnc(N(C)Cc2ccc(OC(F)F)cc2)c1=O. The highest BCUT2D eigenvalue weighted by Gasteiger charge is 2.10. The highest BCUT2D eigenvalue weighted by atomic mass is 19.3. The van der Waals surface area contributed by atoms with E-state index < -0.39 is 6.61 Å². The minimum atomic E-state index is -2.84. The minimum absolute atomic E-state index is 0.104. The number of hydrogen-bond donors (Lipinski definition) is 0. The topological polar surface area (TPSA) is 47.4 Å². The van der Waals surface area contributed by atoms with E-state index in [4.69, 9.17) is 0 Å². The van der Waals surface area contributed by atoms with Gasteiger partial charge in [0.15, 0.2) is 5.82 Å². The van der Waals surface area contributed by atoms with Gasteiger partial charge in [0.05, 0.1) is 0 Å². The van der Waals surface area contributed by atoms with E-state index in [9.17, 15) is 13.6 Å². The van der Waals surface area contributed by atoms with Crippen LogP contribution in [0, 0.1) is 0 Å². The maximum Gasteiger partial charge on any atom is 0.387 e. The summed E-state index contributed by atoms with van der Waals surface area (Å²) in [6.07, 6.45) is 3.21. The smallest absolute Gasteiger partial charge is 0.387 e. The molecule has 5 nitrogen and oxygen atoms in total. The highest BCUT2D eigenvalue weighted by Crippen LogP contribution is 2.16. The third-order valence-electron chi connectivity index (χ3n) is 3.17. The van der Waals surface area contributed by atoms with Gasteiger partial charge in [-0.05, 0) is 24.6 Å². The van der Waals surface area contributed by atoms with Crippen LogP contribution in [0.2, 0.25) is 0 Å². The molecule has 118 valence electrons. The van der Waals surface area contributed by atoms with Gasteiger partial charge in [0, 0.05) is 32.5 Å². The van der Waals surface area contributed by atoms with E-state index in [1.54, 1.807) is 41.0 Å². The summed E-state index contributed by atoms with van der Waals surface area (Å²) in [6, 6.07) is 6.29. The fraction of sp³-hybridized carbons (Fsp3) is 0.333. The molecular formula is C15H17F2N3O2. The Labute approximate surface area is 126 Å². The second-order valence-electron chi connectivity index (χ2n) is 4.72. The first-order valence-corrected chi connectivity index (χ1v) is 6.81. The fourth-order valence-corrected chi connectivity index (χ4v) is 2.07. The average Bonchev–Trinajstić information content (AvgIpc) is 2.49. The molecule has 0 unspecified atom stereocenters. The summed E-state index contributed by atoms with van der Waals surface area (Å²) in [5.41, 5.74) is 0.697. The largest absolute Gasteiger partial charge is 0.435 e. The number of anilines is 1. The first-order valence-electron chi connectivity index (χ1n) is 6.81. The van der Waals surface area contributed by atoms with E-state index in [0.29, 0.717) is 18.9 Å². The molecule has 0 aliphatic heterocycles. The lowest BCUT2D eigenvalue weighted by Crippen LogP contribution is -2.29. The predicted octanol–water partition coefficient (Wildman–Crippen LogP) is 2.50. The summed E-state index contributed by atoms with van der Waals surface area (Å²) in [7, 11) is 1.76. The molecule has 0 saturated heterocycles. The number of rotatable bonds is 6. The minimum Gasteiger partial charge on any atom is -0.435 e. The zero-order valence-electron chi connectivity index (χ0n) is 12.4. The van der Waals surface area contributed by atoms with Crippen molar-refractivity contribution in [3.05, 3.63) is 52.6 Å². The monoisotopic (exact) mass is 309 g/mol. The zero-order valence-corrected chi connectivity index (χ0v) is 12.4. The van der Waals surface area contributed by atoms with E-state index >= 15 is 0 Å². The van der Waals surface area contributed by atoms with Crippen LogP contribution in [0.15, 0.2) is 41.5 Å². The van der Waals surface area contributed by atoms with Gasteiger partial charge in [-0.25, -0.2) is 4.98 Å². The van der Waals surface area contributed by atoms with Gasteiger partial charge in [0.25, 0.3) is 5.56 Å². The molecule has 0 N–H and O–H groups in total. The number of halogens is 2. The molecule has 7 heteroatoms. The molecule has 0 fully saturated rings. The van der Waals surface area contributed by atoms with Gasteiger partial charge in [-0.2, -0.15) is 8.78 Å². The van der Waals surface area contributed by atoms with Gasteiger partial charge in [0.1, 0.15) is 5.75 Å². The molecule has 0 atom stereocenters. The van der Waals surface area contributed by atoms with Crippen molar-refractivity contribution < 1.29 is 13.5 Å². The molecule has 1 heterocycles. The number of aromatic nitrogens is 2. The van der Waals surface area contributed by atoms with Crippen LogP contribution < -0.4 is 15.2 Å². The highest BCUT2D eigenvalue weighted by molar-refractivity contribution is 5.37. The van der Waals surface area contributed by atoms with E-state index in [1.165, 1.54) is 12.1 Å². The van der Waals surface area contributed by atoms with Gasteiger partial charge >= 0.3 is 6.61 Å². The lowest BCUT2D eigenvalue weighted by molar-refractivity contribution is -0.0498. The Balaban J connectivity index is 2.12. The van der Waals surface area contributed by atoms with Crippen molar-refractivity contribution in [3.63, 3.8) is 0 Å². The molecule has 0 bridgehead atoms. The molecule has 0 aliphatic rings. The molecule has 0 radical (unpaired) electrons. The number of ether oxygens (including phenoxy) is 1. The van der Waals surface area contributed by atoms with Gasteiger partial charge in [-0.1, -0.05) is 12.1 Å². The molecule has 22 heavy (non-hydrogen) atoms. The third-order valence-corrected chi connectivity index (χ3v) is 3.17. The molecule has 0 saturated carbocycles. The predicted molar refractivity (Wildman–Crippen MR) is 79.4 cm³/mol. The molecule has 0 amide bonds. The summed E-state index contributed by atoms with van der Waals surface area (Å²) in [6.45, 7) is 0.0502. The van der Waals surface area contributed by atoms with Gasteiger partial charge < -0.3 is 14.2 Å². The summed E-state index contributed by atoms with van der Waals surface area (Å²) < 4.78 is 30.0. The van der Waals surface area contributed by atoms with Crippen LogP contribution in [0.5, 0.6) is 5.75 Å². The molecular weight excluding hydrogens is 292 g/mol. The van der Waals surface area contributed by atoms with E-state index in [1.807, 2.05) is 6.92 Å². The normalized spacial score (nSPS) is 10.8. The van der Waals surface area contributed by atoms with E-state index in [0.717, 1.165) is 5.56 Å². The Bertz CT molecular complexity index is 671. The number of aryl methyl sites for hydroxylation is 1. The number of alkyl halides is 2. The van der Waals surface area contributed by atoms with Crippen LogP contribution in [0.1, 0.15) is 12.5 Å². The molecule has 1 aromatic heterocycles.